The number of amidine groups is 1. The summed E-state index contributed by atoms with van der Waals surface area (Å²) in [7, 11) is 0. The molecule has 1 rings (SSSR count). The molecule has 0 aliphatic carbocycles. The van der Waals surface area contributed by atoms with Crippen LogP contribution in [0.1, 0.15) is 34.1 Å². The van der Waals surface area contributed by atoms with E-state index in [2.05, 4.69) is 5.32 Å². The summed E-state index contributed by atoms with van der Waals surface area (Å²) in [5.74, 6) is 0.575. The minimum atomic E-state index is -0.451. The van der Waals surface area contributed by atoms with Crippen molar-refractivity contribution in [1.82, 2.24) is 10.2 Å². The smallest absolute Gasteiger partial charge is 0.312 e. The fraction of sp³-hybridized carbons (Fsp3) is 0.800. The van der Waals surface area contributed by atoms with Crippen LogP contribution in [0.15, 0.2) is 0 Å². The molecule has 1 aliphatic rings. The van der Waals surface area contributed by atoms with E-state index in [0.29, 0.717) is 12.4 Å². The van der Waals surface area contributed by atoms with Gasteiger partial charge in [-0.1, -0.05) is 20.8 Å². The van der Waals surface area contributed by atoms with Crippen LogP contribution < -0.4 is 5.32 Å². The van der Waals surface area contributed by atoms with Crippen molar-refractivity contribution in [2.75, 3.05) is 6.54 Å². The molecule has 80 valence electrons. The Labute approximate surface area is 85.2 Å². The van der Waals surface area contributed by atoms with Crippen molar-refractivity contribution in [3.63, 3.8) is 0 Å². The third kappa shape index (κ3) is 1.38. The number of carbonyl (C=O) groups excluding carboxylic acids is 1. The summed E-state index contributed by atoms with van der Waals surface area (Å²) in [6, 6.07) is -0.131. The summed E-state index contributed by atoms with van der Waals surface area (Å²) in [6.45, 7) is 8.78. The topological polar surface area (TPSA) is 56.2 Å². The number of carbonyl (C=O) groups is 1. The van der Waals surface area contributed by atoms with Crippen LogP contribution in [-0.4, -0.2) is 28.9 Å². The lowest BCUT2D eigenvalue weighted by Gasteiger charge is -2.36. The van der Waals surface area contributed by atoms with Crippen molar-refractivity contribution in [3.8, 4) is 0 Å². The van der Waals surface area contributed by atoms with E-state index in [4.69, 9.17) is 5.41 Å². The zero-order chi connectivity index (χ0) is 10.9. The Balaban J connectivity index is 2.99. The summed E-state index contributed by atoms with van der Waals surface area (Å²) in [4.78, 5) is 13.3. The largest absolute Gasteiger partial charge is 0.323 e. The van der Waals surface area contributed by atoms with Gasteiger partial charge in [-0.2, -0.15) is 0 Å². The molecular weight excluding hydrogens is 178 g/mol. The molecule has 0 aromatic heterocycles. The summed E-state index contributed by atoms with van der Waals surface area (Å²) < 4.78 is 0. The van der Waals surface area contributed by atoms with Crippen molar-refractivity contribution in [2.24, 2.45) is 5.92 Å². The molecule has 4 heteroatoms. The van der Waals surface area contributed by atoms with Gasteiger partial charge in [0.05, 0.1) is 0 Å². The second-order valence-electron chi connectivity index (χ2n) is 4.26. The monoisotopic (exact) mass is 197 g/mol. The standard InChI is InChI=1S/C10H19N3O/c1-5-6-13-9(14)12-8(11)10(13,4)7(2)3/h7H,5-6H2,1-4H3,(H2,11,12,14). The highest BCUT2D eigenvalue weighted by atomic mass is 16.2. The Bertz CT molecular complexity index is 262. The molecule has 1 heterocycles. The van der Waals surface area contributed by atoms with Crippen LogP contribution in [0.5, 0.6) is 0 Å². The molecule has 4 nitrogen and oxygen atoms in total. The van der Waals surface area contributed by atoms with Crippen LogP contribution in [0.2, 0.25) is 0 Å². The van der Waals surface area contributed by atoms with E-state index in [-0.39, 0.29) is 11.9 Å². The van der Waals surface area contributed by atoms with E-state index in [9.17, 15) is 4.79 Å². The third-order valence-corrected chi connectivity index (χ3v) is 3.12. The fourth-order valence-electron chi connectivity index (χ4n) is 1.80. The molecule has 1 atom stereocenters. The normalized spacial score (nSPS) is 27.4. The number of amides is 2. The lowest BCUT2D eigenvalue weighted by molar-refractivity contribution is 0.155. The quantitative estimate of drug-likeness (QED) is 0.712. The van der Waals surface area contributed by atoms with Gasteiger partial charge >= 0.3 is 6.03 Å². The fourth-order valence-corrected chi connectivity index (χ4v) is 1.80. The Hall–Kier alpha value is -1.06. The van der Waals surface area contributed by atoms with Crippen LogP contribution >= 0.6 is 0 Å². The van der Waals surface area contributed by atoms with E-state index in [1.54, 1.807) is 4.90 Å². The molecule has 0 saturated carbocycles. The van der Waals surface area contributed by atoms with Gasteiger partial charge in [0.1, 0.15) is 11.4 Å². The SMILES string of the molecule is CCCN1C(=O)NC(=N)C1(C)C(C)C. The predicted molar refractivity (Wildman–Crippen MR) is 56.5 cm³/mol. The maximum absolute atomic E-state index is 11.6. The van der Waals surface area contributed by atoms with Gasteiger partial charge in [-0.3, -0.25) is 10.7 Å². The van der Waals surface area contributed by atoms with Gasteiger partial charge in [-0.05, 0) is 19.3 Å². The number of rotatable bonds is 3. The van der Waals surface area contributed by atoms with Gasteiger partial charge in [-0.25, -0.2) is 4.79 Å². The van der Waals surface area contributed by atoms with Crippen molar-refractivity contribution in [1.29, 1.82) is 5.41 Å². The Morgan fingerprint density at radius 2 is 2.14 bits per heavy atom. The highest BCUT2D eigenvalue weighted by molar-refractivity contribution is 6.08. The minimum absolute atomic E-state index is 0.131. The lowest BCUT2D eigenvalue weighted by Crippen LogP contribution is -2.51. The molecule has 0 aromatic carbocycles. The number of hydrogen-bond acceptors (Lipinski definition) is 2. The summed E-state index contributed by atoms with van der Waals surface area (Å²) in [6.07, 6.45) is 0.920. The number of hydrogen-bond donors (Lipinski definition) is 2. The van der Waals surface area contributed by atoms with E-state index < -0.39 is 5.54 Å². The molecule has 0 aromatic rings. The van der Waals surface area contributed by atoms with E-state index >= 15 is 0 Å². The van der Waals surface area contributed by atoms with Crippen LogP contribution in [-0.2, 0) is 0 Å². The molecule has 1 fully saturated rings. The molecule has 14 heavy (non-hydrogen) atoms. The van der Waals surface area contributed by atoms with Crippen LogP contribution in [0.25, 0.3) is 0 Å². The highest BCUT2D eigenvalue weighted by Crippen LogP contribution is 2.29. The van der Waals surface area contributed by atoms with Crippen molar-refractivity contribution in [3.05, 3.63) is 0 Å². The lowest BCUT2D eigenvalue weighted by atomic mass is 9.86. The zero-order valence-electron chi connectivity index (χ0n) is 9.35. The molecule has 1 saturated heterocycles. The summed E-state index contributed by atoms with van der Waals surface area (Å²) in [5, 5.41) is 10.4. The average molecular weight is 197 g/mol. The second-order valence-corrected chi connectivity index (χ2v) is 4.26. The van der Waals surface area contributed by atoms with Gasteiger partial charge < -0.3 is 4.90 Å². The van der Waals surface area contributed by atoms with E-state index in [0.717, 1.165) is 6.42 Å². The first-order chi connectivity index (χ1) is 6.44. The molecule has 0 spiro atoms. The number of nitrogens with one attached hydrogen (secondary N) is 2. The molecule has 0 radical (unpaired) electrons. The Kier molecular flexibility index (Phi) is 2.83. The van der Waals surface area contributed by atoms with Crippen molar-refractivity contribution >= 4 is 11.9 Å². The van der Waals surface area contributed by atoms with Crippen LogP contribution in [0, 0.1) is 11.3 Å². The summed E-state index contributed by atoms with van der Waals surface area (Å²) >= 11 is 0. The average Bonchev–Trinajstić information content (AvgIpc) is 2.31. The van der Waals surface area contributed by atoms with Crippen LogP contribution in [0.3, 0.4) is 0 Å². The summed E-state index contributed by atoms with van der Waals surface area (Å²) in [5.41, 5.74) is -0.451. The van der Waals surface area contributed by atoms with Gasteiger partial charge in [-0.15, -0.1) is 0 Å². The van der Waals surface area contributed by atoms with E-state index in [1.165, 1.54) is 0 Å². The number of urea groups is 1. The predicted octanol–water partition coefficient (Wildman–Crippen LogP) is 1.81. The van der Waals surface area contributed by atoms with Crippen molar-refractivity contribution < 1.29 is 4.79 Å². The first-order valence-electron chi connectivity index (χ1n) is 5.12. The molecule has 1 unspecified atom stereocenters. The number of nitrogens with zero attached hydrogens (tertiary/aromatic N) is 1. The van der Waals surface area contributed by atoms with Gasteiger partial charge in [0.2, 0.25) is 0 Å². The molecule has 0 bridgehead atoms. The Morgan fingerprint density at radius 1 is 1.57 bits per heavy atom. The van der Waals surface area contributed by atoms with E-state index in [1.807, 2.05) is 27.7 Å². The maximum Gasteiger partial charge on any atom is 0.323 e. The molecule has 1 aliphatic heterocycles. The first kappa shape index (κ1) is 11.0. The second kappa shape index (κ2) is 3.59. The van der Waals surface area contributed by atoms with Gasteiger partial charge in [0.15, 0.2) is 0 Å². The minimum Gasteiger partial charge on any atom is -0.312 e. The van der Waals surface area contributed by atoms with Crippen LogP contribution in [0.4, 0.5) is 4.79 Å². The maximum atomic E-state index is 11.6. The van der Waals surface area contributed by atoms with Gasteiger partial charge in [0, 0.05) is 6.54 Å². The molecular formula is C10H19N3O. The van der Waals surface area contributed by atoms with Crippen molar-refractivity contribution in [2.45, 2.75) is 39.7 Å². The Morgan fingerprint density at radius 3 is 2.57 bits per heavy atom. The highest BCUT2D eigenvalue weighted by Gasteiger charge is 2.47. The zero-order valence-corrected chi connectivity index (χ0v) is 9.35. The molecule has 2 amide bonds. The third-order valence-electron chi connectivity index (χ3n) is 3.12. The first-order valence-corrected chi connectivity index (χ1v) is 5.12. The van der Waals surface area contributed by atoms with Gasteiger partial charge in [0.25, 0.3) is 0 Å². The molecule has 2 N–H and O–H groups in total.